The minimum atomic E-state index is 0. The van der Waals surface area contributed by atoms with Gasteiger partial charge in [-0.15, -0.1) is 24.2 Å². The maximum atomic E-state index is 9.64. The summed E-state index contributed by atoms with van der Waals surface area (Å²) < 4.78 is 2.94. The number of aromatic hydroxyl groups is 1. The number of thioether (sulfide) groups is 1. The summed E-state index contributed by atoms with van der Waals surface area (Å²) in [5.41, 5.74) is 8.01. The van der Waals surface area contributed by atoms with Crippen molar-refractivity contribution in [2.24, 2.45) is 5.73 Å². The molecule has 0 aliphatic carbocycles. The second kappa shape index (κ2) is 6.87. The number of nitrogens with zero attached hydrogens (tertiary/aromatic N) is 1. The van der Waals surface area contributed by atoms with Gasteiger partial charge in [0.05, 0.1) is 0 Å². The van der Waals surface area contributed by atoms with Gasteiger partial charge in [0.15, 0.2) is 4.77 Å². The third-order valence-corrected chi connectivity index (χ3v) is 5.16. The van der Waals surface area contributed by atoms with Gasteiger partial charge in [0.25, 0.3) is 0 Å². The summed E-state index contributed by atoms with van der Waals surface area (Å²) in [5, 5.41) is 9.64. The van der Waals surface area contributed by atoms with Gasteiger partial charge in [0.2, 0.25) is 0 Å². The second-order valence-corrected chi connectivity index (χ2v) is 6.40. The first-order valence-corrected chi connectivity index (χ1v) is 8.02. The topological polar surface area (TPSA) is 67.0 Å². The number of fused-ring (bicyclic) bond motifs is 1. The van der Waals surface area contributed by atoms with E-state index in [-0.39, 0.29) is 12.4 Å². The number of benzene rings is 1. The van der Waals surface area contributed by atoms with Gasteiger partial charge >= 0.3 is 0 Å². The standard InChI is InChI=1S/C14H17N3OS2.ClH/c15-4-3-10-7-16-14(19)17(10)11-5-9-6-12(18)1-2-13(9)20-8-11;/h1-2,6-7,11,18H,3-5,8,15H2,(H,16,19);1H. The molecule has 0 saturated heterocycles. The molecule has 2 heterocycles. The van der Waals surface area contributed by atoms with E-state index in [0.717, 1.165) is 29.1 Å². The van der Waals surface area contributed by atoms with Crippen molar-refractivity contribution in [3.8, 4) is 5.75 Å². The molecule has 21 heavy (non-hydrogen) atoms. The molecule has 0 spiro atoms. The first-order valence-electron chi connectivity index (χ1n) is 6.62. The summed E-state index contributed by atoms with van der Waals surface area (Å²) in [4.78, 5) is 4.37. The summed E-state index contributed by atoms with van der Waals surface area (Å²) in [7, 11) is 0. The molecule has 1 unspecified atom stereocenters. The lowest BCUT2D eigenvalue weighted by Crippen LogP contribution is -2.21. The molecule has 0 bridgehead atoms. The van der Waals surface area contributed by atoms with Crippen LogP contribution in [0.4, 0.5) is 0 Å². The van der Waals surface area contributed by atoms with Crippen molar-refractivity contribution >= 4 is 36.4 Å². The van der Waals surface area contributed by atoms with E-state index in [1.807, 2.05) is 30.1 Å². The number of imidazole rings is 1. The smallest absolute Gasteiger partial charge is 0.177 e. The third-order valence-electron chi connectivity index (χ3n) is 3.59. The second-order valence-electron chi connectivity index (χ2n) is 4.95. The molecule has 0 saturated carbocycles. The van der Waals surface area contributed by atoms with Crippen LogP contribution in [0, 0.1) is 4.77 Å². The molecule has 2 aromatic rings. The van der Waals surface area contributed by atoms with Gasteiger partial charge in [-0.05, 0) is 48.9 Å². The Hall–Kier alpha value is -0.950. The molecule has 7 heteroatoms. The summed E-state index contributed by atoms with van der Waals surface area (Å²) in [6.07, 6.45) is 3.67. The van der Waals surface area contributed by atoms with Gasteiger partial charge in [-0.25, -0.2) is 0 Å². The van der Waals surface area contributed by atoms with Crippen LogP contribution < -0.4 is 5.73 Å². The van der Waals surface area contributed by atoms with E-state index in [9.17, 15) is 5.11 Å². The fourth-order valence-electron chi connectivity index (χ4n) is 2.69. The number of H-pyrrole nitrogens is 1. The molecule has 0 radical (unpaired) electrons. The van der Waals surface area contributed by atoms with E-state index in [2.05, 4.69) is 9.55 Å². The number of nitrogens with two attached hydrogens (primary N) is 1. The van der Waals surface area contributed by atoms with Crippen molar-refractivity contribution in [2.75, 3.05) is 12.3 Å². The van der Waals surface area contributed by atoms with Crippen molar-refractivity contribution in [1.82, 2.24) is 9.55 Å². The zero-order valence-electron chi connectivity index (χ0n) is 11.4. The van der Waals surface area contributed by atoms with Gasteiger partial charge in [-0.1, -0.05) is 0 Å². The van der Waals surface area contributed by atoms with Gasteiger partial charge in [0.1, 0.15) is 5.75 Å². The van der Waals surface area contributed by atoms with Crippen LogP contribution in [0.25, 0.3) is 0 Å². The summed E-state index contributed by atoms with van der Waals surface area (Å²) in [5.74, 6) is 1.31. The number of nitrogens with one attached hydrogen (secondary N) is 1. The van der Waals surface area contributed by atoms with E-state index in [1.54, 1.807) is 6.07 Å². The first-order chi connectivity index (χ1) is 9.69. The average Bonchev–Trinajstić information content (AvgIpc) is 2.79. The molecule has 3 rings (SSSR count). The molecule has 0 amide bonds. The monoisotopic (exact) mass is 343 g/mol. The zero-order valence-corrected chi connectivity index (χ0v) is 13.9. The molecule has 4 nitrogen and oxygen atoms in total. The highest BCUT2D eigenvalue weighted by Crippen LogP contribution is 2.37. The molecule has 1 aliphatic heterocycles. The predicted molar refractivity (Wildman–Crippen MR) is 91.2 cm³/mol. The predicted octanol–water partition coefficient (Wildman–Crippen LogP) is 3.06. The lowest BCUT2D eigenvalue weighted by Gasteiger charge is -2.26. The number of phenols is 1. The first kappa shape index (κ1) is 16.4. The van der Waals surface area contributed by atoms with E-state index >= 15 is 0 Å². The van der Waals surface area contributed by atoms with Crippen molar-refractivity contribution in [2.45, 2.75) is 23.8 Å². The number of aromatic amines is 1. The van der Waals surface area contributed by atoms with Gasteiger partial charge < -0.3 is 20.4 Å². The molecular formula is C14H18ClN3OS2. The van der Waals surface area contributed by atoms with E-state index in [4.69, 9.17) is 18.0 Å². The molecule has 114 valence electrons. The number of hydrogen-bond acceptors (Lipinski definition) is 4. The maximum absolute atomic E-state index is 9.64. The number of aromatic nitrogens is 2. The fourth-order valence-corrected chi connectivity index (χ4v) is 4.14. The third kappa shape index (κ3) is 3.29. The van der Waals surface area contributed by atoms with Crippen molar-refractivity contribution in [1.29, 1.82) is 0 Å². The molecule has 1 aromatic heterocycles. The lowest BCUT2D eigenvalue weighted by molar-refractivity contribution is 0.470. The fraction of sp³-hybridized carbons (Fsp3) is 0.357. The summed E-state index contributed by atoms with van der Waals surface area (Å²) >= 11 is 7.22. The minimum absolute atomic E-state index is 0. The van der Waals surface area contributed by atoms with Crippen LogP contribution in [0.2, 0.25) is 0 Å². The highest BCUT2D eigenvalue weighted by atomic mass is 35.5. The minimum Gasteiger partial charge on any atom is -0.508 e. The molecule has 1 aromatic carbocycles. The molecule has 1 atom stereocenters. The van der Waals surface area contributed by atoms with Crippen molar-refractivity contribution in [3.05, 3.63) is 40.4 Å². The summed E-state index contributed by atoms with van der Waals surface area (Å²) in [6.45, 7) is 0.615. The Morgan fingerprint density at radius 3 is 3.05 bits per heavy atom. The van der Waals surface area contributed by atoms with Crippen LogP contribution in [0.5, 0.6) is 5.75 Å². The lowest BCUT2D eigenvalue weighted by atomic mass is 10.1. The Bertz CT molecular complexity index is 683. The van der Waals surface area contributed by atoms with Crippen molar-refractivity contribution < 1.29 is 5.11 Å². The Labute approximate surface area is 139 Å². The van der Waals surface area contributed by atoms with Gasteiger partial charge in [-0.3, -0.25) is 0 Å². The number of rotatable bonds is 3. The van der Waals surface area contributed by atoms with E-state index in [0.29, 0.717) is 18.3 Å². The normalized spacial score (nSPS) is 17.1. The van der Waals surface area contributed by atoms with Crippen LogP contribution in [0.1, 0.15) is 17.3 Å². The highest BCUT2D eigenvalue weighted by molar-refractivity contribution is 7.99. The quantitative estimate of drug-likeness (QED) is 0.749. The SMILES string of the molecule is Cl.NCCc1c[nH]c(=S)n1C1CSc2ccc(O)cc2C1. The van der Waals surface area contributed by atoms with Crippen LogP contribution in [0.15, 0.2) is 29.3 Å². The Morgan fingerprint density at radius 2 is 2.29 bits per heavy atom. The van der Waals surface area contributed by atoms with Crippen LogP contribution in [0.3, 0.4) is 0 Å². The molecule has 1 aliphatic rings. The van der Waals surface area contributed by atoms with Gasteiger partial charge in [-0.2, -0.15) is 0 Å². The Kier molecular flexibility index (Phi) is 5.37. The molecule has 0 fully saturated rings. The largest absolute Gasteiger partial charge is 0.508 e. The Morgan fingerprint density at radius 1 is 1.48 bits per heavy atom. The number of phenolic OH excluding ortho intramolecular Hbond substituents is 1. The Balaban J connectivity index is 0.00000161. The van der Waals surface area contributed by atoms with Crippen LogP contribution in [-0.4, -0.2) is 27.0 Å². The zero-order chi connectivity index (χ0) is 14.1. The number of hydrogen-bond donors (Lipinski definition) is 3. The summed E-state index contributed by atoms with van der Waals surface area (Å²) in [6, 6.07) is 5.90. The average molecular weight is 344 g/mol. The maximum Gasteiger partial charge on any atom is 0.177 e. The van der Waals surface area contributed by atoms with Crippen molar-refractivity contribution in [3.63, 3.8) is 0 Å². The molecule has 4 N–H and O–H groups in total. The van der Waals surface area contributed by atoms with E-state index < -0.39 is 0 Å². The van der Waals surface area contributed by atoms with Gasteiger partial charge in [0, 0.05) is 35.0 Å². The number of halogens is 1. The van der Waals surface area contributed by atoms with Crippen LogP contribution >= 0.6 is 36.4 Å². The highest BCUT2D eigenvalue weighted by Gasteiger charge is 2.23. The molecular weight excluding hydrogens is 326 g/mol. The van der Waals surface area contributed by atoms with Crippen LogP contribution in [-0.2, 0) is 12.8 Å². The van der Waals surface area contributed by atoms with E-state index in [1.165, 1.54) is 10.5 Å².